The molecule has 2 nitrogen and oxygen atoms in total. The fourth-order valence-electron chi connectivity index (χ4n) is 7.88. The van der Waals surface area contributed by atoms with Crippen LogP contribution in [0.25, 0.3) is 70.9 Å². The first-order chi connectivity index (χ1) is 24.8. The standard InChI is InChI=1S/C48H32N2/c1-3-13-33(14-4-1)35-16-11-19-38(31-35)49(39-27-30-41-36(32-39)26-29-42-40-20-8-7-15-34(40)25-28-43(41)42)46-23-12-24-47-48(46)44-21-9-10-22-45(44)50(47)37-17-5-2-6-18-37/h1-32H. The fourth-order valence-corrected chi connectivity index (χ4v) is 7.88. The summed E-state index contributed by atoms with van der Waals surface area (Å²) < 4.78 is 2.39. The summed E-state index contributed by atoms with van der Waals surface area (Å²) in [7, 11) is 0. The minimum absolute atomic E-state index is 1.11. The summed E-state index contributed by atoms with van der Waals surface area (Å²) in [5, 5.41) is 10.0. The van der Waals surface area contributed by atoms with Crippen LogP contribution in [0.3, 0.4) is 0 Å². The van der Waals surface area contributed by atoms with E-state index >= 15 is 0 Å². The molecule has 0 aliphatic carbocycles. The molecule has 0 atom stereocenters. The Morgan fingerprint density at radius 2 is 0.940 bits per heavy atom. The van der Waals surface area contributed by atoms with Gasteiger partial charge >= 0.3 is 0 Å². The summed E-state index contributed by atoms with van der Waals surface area (Å²) in [5.41, 5.74) is 9.28. The van der Waals surface area contributed by atoms with Gasteiger partial charge in [0.05, 0.1) is 16.7 Å². The van der Waals surface area contributed by atoms with E-state index in [1.165, 1.54) is 65.3 Å². The van der Waals surface area contributed by atoms with E-state index in [0.717, 1.165) is 22.7 Å². The highest BCUT2D eigenvalue weighted by atomic mass is 15.1. The number of fused-ring (bicyclic) bond motifs is 8. The van der Waals surface area contributed by atoms with Gasteiger partial charge in [-0.3, -0.25) is 0 Å². The van der Waals surface area contributed by atoms with Crippen LogP contribution >= 0.6 is 0 Å². The first kappa shape index (κ1) is 28.4. The largest absolute Gasteiger partial charge is 0.310 e. The van der Waals surface area contributed by atoms with E-state index in [0.29, 0.717) is 0 Å². The van der Waals surface area contributed by atoms with Gasteiger partial charge in [0, 0.05) is 27.8 Å². The van der Waals surface area contributed by atoms with Crippen molar-refractivity contribution in [2.75, 3.05) is 4.90 Å². The molecule has 0 unspecified atom stereocenters. The first-order valence-electron chi connectivity index (χ1n) is 17.2. The lowest BCUT2D eigenvalue weighted by Crippen LogP contribution is -2.10. The Bertz CT molecular complexity index is 2870. The Balaban J connectivity index is 1.25. The molecule has 0 aliphatic rings. The molecule has 50 heavy (non-hydrogen) atoms. The second-order valence-electron chi connectivity index (χ2n) is 13.0. The number of aromatic nitrogens is 1. The molecular weight excluding hydrogens is 605 g/mol. The Labute approximate surface area is 290 Å². The molecule has 0 bridgehead atoms. The Kier molecular flexibility index (Phi) is 6.53. The number of anilines is 3. The molecule has 9 aromatic carbocycles. The molecule has 10 aromatic rings. The van der Waals surface area contributed by atoms with Crippen LogP contribution in [-0.2, 0) is 0 Å². The second-order valence-corrected chi connectivity index (χ2v) is 13.0. The smallest absolute Gasteiger partial charge is 0.0562 e. The lowest BCUT2D eigenvalue weighted by molar-refractivity contribution is 1.18. The lowest BCUT2D eigenvalue weighted by Gasteiger charge is -2.27. The molecule has 0 amide bonds. The summed E-state index contributed by atoms with van der Waals surface area (Å²) in [5.74, 6) is 0. The highest BCUT2D eigenvalue weighted by Crippen LogP contribution is 2.45. The van der Waals surface area contributed by atoms with Crippen LogP contribution in [0, 0.1) is 0 Å². The zero-order valence-electron chi connectivity index (χ0n) is 27.4. The zero-order chi connectivity index (χ0) is 33.0. The third kappa shape index (κ3) is 4.50. The summed E-state index contributed by atoms with van der Waals surface area (Å²) in [6, 6.07) is 70.5. The van der Waals surface area contributed by atoms with Crippen molar-refractivity contribution in [1.29, 1.82) is 0 Å². The van der Waals surface area contributed by atoms with Crippen molar-refractivity contribution in [2.24, 2.45) is 0 Å². The SMILES string of the molecule is c1ccc(-c2cccc(N(c3ccc4c(ccc5c6ccccc6ccc45)c3)c3cccc4c3c3ccccc3n4-c3ccccc3)c2)cc1. The molecule has 0 spiro atoms. The number of hydrogen-bond acceptors (Lipinski definition) is 1. The molecule has 0 radical (unpaired) electrons. The predicted molar refractivity (Wildman–Crippen MR) is 213 cm³/mol. The number of benzene rings is 9. The van der Waals surface area contributed by atoms with Crippen molar-refractivity contribution in [3.05, 3.63) is 194 Å². The number of hydrogen-bond donors (Lipinski definition) is 0. The first-order valence-corrected chi connectivity index (χ1v) is 17.2. The van der Waals surface area contributed by atoms with Gasteiger partial charge in [0.25, 0.3) is 0 Å². The topological polar surface area (TPSA) is 8.17 Å². The molecule has 1 aromatic heterocycles. The van der Waals surface area contributed by atoms with Crippen LogP contribution in [0.15, 0.2) is 194 Å². The van der Waals surface area contributed by atoms with Gasteiger partial charge in [-0.15, -0.1) is 0 Å². The van der Waals surface area contributed by atoms with E-state index in [4.69, 9.17) is 0 Å². The fraction of sp³-hybridized carbons (Fsp3) is 0. The monoisotopic (exact) mass is 636 g/mol. The summed E-state index contributed by atoms with van der Waals surface area (Å²) in [4.78, 5) is 2.45. The Morgan fingerprint density at radius 3 is 1.78 bits per heavy atom. The third-order valence-electron chi connectivity index (χ3n) is 10.1. The average molecular weight is 637 g/mol. The van der Waals surface area contributed by atoms with Gasteiger partial charge in [-0.1, -0.05) is 140 Å². The van der Waals surface area contributed by atoms with Crippen LogP contribution in [0.1, 0.15) is 0 Å². The molecule has 0 saturated carbocycles. The Hall–Kier alpha value is -6.64. The van der Waals surface area contributed by atoms with Crippen LogP contribution < -0.4 is 4.90 Å². The quantitative estimate of drug-likeness (QED) is 0.171. The zero-order valence-corrected chi connectivity index (χ0v) is 27.4. The van der Waals surface area contributed by atoms with Gasteiger partial charge in [0.1, 0.15) is 0 Å². The maximum absolute atomic E-state index is 2.45. The summed E-state index contributed by atoms with van der Waals surface area (Å²) in [6.45, 7) is 0. The molecule has 0 saturated heterocycles. The van der Waals surface area contributed by atoms with E-state index in [9.17, 15) is 0 Å². The van der Waals surface area contributed by atoms with E-state index in [-0.39, 0.29) is 0 Å². The normalized spacial score (nSPS) is 11.6. The summed E-state index contributed by atoms with van der Waals surface area (Å²) in [6.07, 6.45) is 0. The van der Waals surface area contributed by atoms with Crippen molar-refractivity contribution in [3.63, 3.8) is 0 Å². The van der Waals surface area contributed by atoms with E-state index in [1.807, 2.05) is 0 Å². The van der Waals surface area contributed by atoms with Crippen molar-refractivity contribution in [1.82, 2.24) is 4.57 Å². The van der Waals surface area contributed by atoms with Gasteiger partial charge in [0.2, 0.25) is 0 Å². The Morgan fingerprint density at radius 1 is 0.340 bits per heavy atom. The predicted octanol–water partition coefficient (Wildman–Crippen LogP) is 13.4. The van der Waals surface area contributed by atoms with Gasteiger partial charge < -0.3 is 9.47 Å². The maximum Gasteiger partial charge on any atom is 0.0562 e. The van der Waals surface area contributed by atoms with E-state index in [2.05, 4.69) is 204 Å². The third-order valence-corrected chi connectivity index (χ3v) is 10.1. The van der Waals surface area contributed by atoms with E-state index < -0.39 is 0 Å². The van der Waals surface area contributed by atoms with Crippen LogP contribution in [0.2, 0.25) is 0 Å². The van der Waals surface area contributed by atoms with Crippen molar-refractivity contribution < 1.29 is 0 Å². The number of para-hydroxylation sites is 2. The number of nitrogens with zero attached hydrogens (tertiary/aromatic N) is 2. The van der Waals surface area contributed by atoms with Crippen LogP contribution in [-0.4, -0.2) is 4.57 Å². The second kappa shape index (κ2) is 11.5. The average Bonchev–Trinajstić information content (AvgIpc) is 3.53. The minimum Gasteiger partial charge on any atom is -0.310 e. The van der Waals surface area contributed by atoms with Crippen LogP contribution in [0.5, 0.6) is 0 Å². The molecule has 10 rings (SSSR count). The molecular formula is C48H32N2. The van der Waals surface area contributed by atoms with Crippen molar-refractivity contribution >= 4 is 71.2 Å². The highest BCUT2D eigenvalue weighted by molar-refractivity contribution is 6.19. The lowest BCUT2D eigenvalue weighted by atomic mass is 9.96. The van der Waals surface area contributed by atoms with Crippen molar-refractivity contribution in [2.45, 2.75) is 0 Å². The van der Waals surface area contributed by atoms with E-state index in [1.54, 1.807) is 0 Å². The van der Waals surface area contributed by atoms with Gasteiger partial charge in [-0.05, 0) is 98.0 Å². The highest BCUT2D eigenvalue weighted by Gasteiger charge is 2.21. The van der Waals surface area contributed by atoms with Gasteiger partial charge in [-0.2, -0.15) is 0 Å². The maximum atomic E-state index is 2.45. The number of rotatable bonds is 5. The molecule has 234 valence electrons. The summed E-state index contributed by atoms with van der Waals surface area (Å²) >= 11 is 0. The molecule has 1 heterocycles. The van der Waals surface area contributed by atoms with Gasteiger partial charge in [0.15, 0.2) is 0 Å². The molecule has 0 N–H and O–H groups in total. The minimum atomic E-state index is 1.11. The molecule has 2 heteroatoms. The van der Waals surface area contributed by atoms with Crippen molar-refractivity contribution in [3.8, 4) is 16.8 Å². The van der Waals surface area contributed by atoms with Gasteiger partial charge in [-0.25, -0.2) is 0 Å². The molecule has 0 fully saturated rings. The molecule has 0 aliphatic heterocycles. The van der Waals surface area contributed by atoms with Crippen LogP contribution in [0.4, 0.5) is 17.1 Å².